The molecule has 2 aromatic rings. The minimum atomic E-state index is 0. The van der Waals surface area contributed by atoms with Crippen molar-refractivity contribution in [2.24, 2.45) is 5.73 Å². The smallest absolute Gasteiger partial charge is 0.273 e. The molecule has 1 atom stereocenters. The summed E-state index contributed by atoms with van der Waals surface area (Å²) in [5, 5.41) is 2.81. The molecule has 26 heavy (non-hydrogen) atoms. The van der Waals surface area contributed by atoms with Gasteiger partial charge in [0, 0.05) is 18.3 Å². The average molecular weight is 394 g/mol. The lowest BCUT2D eigenvalue weighted by atomic mass is 9.86. The number of nitrogens with zero attached hydrogens (tertiary/aromatic N) is 2. The number of halogens is 1. The zero-order chi connectivity index (χ0) is 18.0. The van der Waals surface area contributed by atoms with Gasteiger partial charge < -0.3 is 10.6 Å². The number of carbonyl (C=O) groups excluding carboxylic acids is 1. The number of likely N-dealkylation sites (tertiary alicyclic amines) is 1. The van der Waals surface area contributed by atoms with Crippen molar-refractivity contribution in [1.82, 2.24) is 9.88 Å². The number of thiazole rings is 1. The predicted molar refractivity (Wildman–Crippen MR) is 110 cm³/mol. The van der Waals surface area contributed by atoms with Crippen molar-refractivity contribution in [3.05, 3.63) is 51.5 Å². The van der Waals surface area contributed by atoms with Gasteiger partial charge in [-0.3, -0.25) is 4.79 Å². The maximum absolute atomic E-state index is 12.9. The van der Waals surface area contributed by atoms with Crippen molar-refractivity contribution in [3.63, 3.8) is 0 Å². The van der Waals surface area contributed by atoms with Crippen LogP contribution >= 0.6 is 23.7 Å². The van der Waals surface area contributed by atoms with Gasteiger partial charge in [-0.1, -0.05) is 45.0 Å². The monoisotopic (exact) mass is 393 g/mol. The van der Waals surface area contributed by atoms with Crippen LogP contribution in [0.25, 0.3) is 0 Å². The molecule has 0 radical (unpaired) electrons. The number of amides is 1. The average Bonchev–Trinajstić information content (AvgIpc) is 3.23. The maximum atomic E-state index is 12.9. The molecular weight excluding hydrogens is 366 g/mol. The normalized spacial score (nSPS) is 17.2. The van der Waals surface area contributed by atoms with Crippen molar-refractivity contribution in [3.8, 4) is 0 Å². The number of benzene rings is 1. The third-order valence-electron chi connectivity index (χ3n) is 4.80. The second kappa shape index (κ2) is 8.51. The van der Waals surface area contributed by atoms with Gasteiger partial charge in [0.25, 0.3) is 5.91 Å². The molecule has 142 valence electrons. The first kappa shape index (κ1) is 20.9. The number of carbonyl (C=O) groups is 1. The Morgan fingerprint density at radius 2 is 2.00 bits per heavy atom. The number of aromatic nitrogens is 1. The van der Waals surface area contributed by atoms with Crippen LogP contribution in [0.1, 0.15) is 66.3 Å². The van der Waals surface area contributed by atoms with Gasteiger partial charge in [-0.05, 0) is 35.9 Å². The minimum absolute atomic E-state index is 0. The molecular formula is C20H28ClN3OS. The van der Waals surface area contributed by atoms with Gasteiger partial charge in [0.15, 0.2) is 0 Å². The Morgan fingerprint density at radius 1 is 1.31 bits per heavy atom. The highest BCUT2D eigenvalue weighted by molar-refractivity contribution is 7.09. The van der Waals surface area contributed by atoms with Gasteiger partial charge >= 0.3 is 0 Å². The SMILES string of the molecule is CC(C)(C)c1ccc(C2CCCN2C(=O)c2csc(CCN)n2)cc1.Cl. The van der Waals surface area contributed by atoms with Crippen LogP contribution in [-0.4, -0.2) is 28.9 Å². The molecule has 3 rings (SSSR count). The number of hydrogen-bond donors (Lipinski definition) is 1. The molecule has 2 N–H and O–H groups in total. The molecule has 1 unspecified atom stereocenters. The number of hydrogen-bond acceptors (Lipinski definition) is 4. The summed E-state index contributed by atoms with van der Waals surface area (Å²) in [7, 11) is 0. The molecule has 1 aromatic heterocycles. The van der Waals surface area contributed by atoms with Crippen LogP contribution in [0, 0.1) is 0 Å². The van der Waals surface area contributed by atoms with Crippen LogP contribution in [0.4, 0.5) is 0 Å². The van der Waals surface area contributed by atoms with Gasteiger partial charge in [0.2, 0.25) is 0 Å². The van der Waals surface area contributed by atoms with Gasteiger partial charge in [-0.2, -0.15) is 0 Å². The Kier molecular flexibility index (Phi) is 6.83. The van der Waals surface area contributed by atoms with Crippen LogP contribution in [0.2, 0.25) is 0 Å². The highest BCUT2D eigenvalue weighted by Crippen LogP contribution is 2.34. The lowest BCUT2D eigenvalue weighted by Crippen LogP contribution is -2.30. The van der Waals surface area contributed by atoms with Gasteiger partial charge in [-0.15, -0.1) is 23.7 Å². The van der Waals surface area contributed by atoms with Crippen LogP contribution < -0.4 is 5.73 Å². The van der Waals surface area contributed by atoms with E-state index < -0.39 is 0 Å². The van der Waals surface area contributed by atoms with Gasteiger partial charge in [0.05, 0.1) is 11.0 Å². The van der Waals surface area contributed by atoms with E-state index in [0.29, 0.717) is 12.2 Å². The highest BCUT2D eigenvalue weighted by Gasteiger charge is 2.31. The van der Waals surface area contributed by atoms with E-state index in [-0.39, 0.29) is 29.8 Å². The van der Waals surface area contributed by atoms with Crippen LogP contribution in [-0.2, 0) is 11.8 Å². The summed E-state index contributed by atoms with van der Waals surface area (Å²) in [6.07, 6.45) is 2.78. The number of rotatable bonds is 4. The molecule has 2 heterocycles. The molecule has 0 saturated carbocycles. The molecule has 1 aliphatic heterocycles. The van der Waals surface area contributed by atoms with E-state index in [4.69, 9.17) is 5.73 Å². The van der Waals surface area contributed by atoms with Gasteiger partial charge in [-0.25, -0.2) is 4.98 Å². The number of nitrogens with two attached hydrogens (primary N) is 1. The van der Waals surface area contributed by atoms with E-state index in [1.54, 1.807) is 0 Å². The molecule has 0 spiro atoms. The summed E-state index contributed by atoms with van der Waals surface area (Å²) in [6.45, 7) is 8.01. The fourth-order valence-corrected chi connectivity index (χ4v) is 4.14. The lowest BCUT2D eigenvalue weighted by molar-refractivity contribution is 0.0730. The molecule has 6 heteroatoms. The van der Waals surface area contributed by atoms with Crippen LogP contribution in [0.5, 0.6) is 0 Å². The maximum Gasteiger partial charge on any atom is 0.273 e. The molecule has 1 saturated heterocycles. The summed E-state index contributed by atoms with van der Waals surface area (Å²) in [4.78, 5) is 19.4. The quantitative estimate of drug-likeness (QED) is 0.840. The summed E-state index contributed by atoms with van der Waals surface area (Å²) >= 11 is 1.52. The summed E-state index contributed by atoms with van der Waals surface area (Å²) in [5.74, 6) is 0.0434. The predicted octanol–water partition coefficient (Wildman–Crippen LogP) is 4.34. The van der Waals surface area contributed by atoms with Crippen LogP contribution in [0.15, 0.2) is 29.6 Å². The second-order valence-corrected chi connectivity index (χ2v) is 8.64. The van der Waals surface area contributed by atoms with E-state index in [9.17, 15) is 4.79 Å². The molecule has 4 nitrogen and oxygen atoms in total. The van der Waals surface area contributed by atoms with Crippen molar-refractivity contribution < 1.29 is 4.79 Å². The van der Waals surface area contributed by atoms with Crippen molar-refractivity contribution >= 4 is 29.7 Å². The largest absolute Gasteiger partial charge is 0.330 e. The van der Waals surface area contributed by atoms with Gasteiger partial charge in [0.1, 0.15) is 5.69 Å². The third-order valence-corrected chi connectivity index (χ3v) is 5.71. The molecule has 0 bridgehead atoms. The van der Waals surface area contributed by atoms with E-state index in [1.165, 1.54) is 22.5 Å². The Bertz CT molecular complexity index is 736. The van der Waals surface area contributed by atoms with Crippen molar-refractivity contribution in [2.75, 3.05) is 13.1 Å². The summed E-state index contributed by atoms with van der Waals surface area (Å²) < 4.78 is 0. The third kappa shape index (κ3) is 4.45. The van der Waals surface area contributed by atoms with Crippen molar-refractivity contribution in [1.29, 1.82) is 0 Å². The fraction of sp³-hybridized carbons (Fsp3) is 0.500. The Hall–Kier alpha value is -1.43. The molecule has 1 amide bonds. The molecule has 0 aliphatic carbocycles. The Balaban J connectivity index is 0.00000243. The molecule has 1 aromatic carbocycles. The fourth-order valence-electron chi connectivity index (χ4n) is 3.36. The van der Waals surface area contributed by atoms with Crippen LogP contribution in [0.3, 0.4) is 0 Å². The van der Waals surface area contributed by atoms with E-state index in [0.717, 1.165) is 30.8 Å². The summed E-state index contributed by atoms with van der Waals surface area (Å²) in [5.41, 5.74) is 8.82. The summed E-state index contributed by atoms with van der Waals surface area (Å²) in [6, 6.07) is 8.90. The Labute approximate surface area is 166 Å². The van der Waals surface area contributed by atoms with Crippen molar-refractivity contribution in [2.45, 2.75) is 51.5 Å². The Morgan fingerprint density at radius 3 is 2.62 bits per heavy atom. The minimum Gasteiger partial charge on any atom is -0.330 e. The zero-order valence-corrected chi connectivity index (χ0v) is 17.3. The van der Waals surface area contributed by atoms with E-state index >= 15 is 0 Å². The highest BCUT2D eigenvalue weighted by atomic mass is 35.5. The van der Waals surface area contributed by atoms with E-state index in [2.05, 4.69) is 50.0 Å². The topological polar surface area (TPSA) is 59.2 Å². The molecule has 1 aliphatic rings. The first-order valence-corrected chi connectivity index (χ1v) is 9.84. The first-order chi connectivity index (χ1) is 11.9. The lowest BCUT2D eigenvalue weighted by Gasteiger charge is -2.25. The second-order valence-electron chi connectivity index (χ2n) is 7.69. The van der Waals surface area contributed by atoms with E-state index in [1.807, 2.05) is 10.3 Å². The first-order valence-electron chi connectivity index (χ1n) is 8.96. The molecule has 1 fully saturated rings. The standard InChI is InChI=1S/C20H27N3OS.ClH/c1-20(2,3)15-8-6-14(7-9-15)17-5-4-12-23(17)19(24)16-13-25-18(22-16)10-11-21;/h6-9,13,17H,4-5,10-12,21H2,1-3H3;1H. The zero-order valence-electron chi connectivity index (χ0n) is 15.7.